The highest BCUT2D eigenvalue weighted by Crippen LogP contribution is 2.46. The number of nitrogens with zero attached hydrogens (tertiary/aromatic N) is 3. The zero-order chi connectivity index (χ0) is 26.1. The van der Waals surface area contributed by atoms with Gasteiger partial charge in [0.2, 0.25) is 0 Å². The van der Waals surface area contributed by atoms with Gasteiger partial charge in [-0.25, -0.2) is 9.97 Å². The molecule has 0 bridgehead atoms. The van der Waals surface area contributed by atoms with Gasteiger partial charge in [0.15, 0.2) is 0 Å². The molecule has 4 aromatic rings. The number of likely N-dealkylation sites (tertiary alicyclic amines) is 1. The van der Waals surface area contributed by atoms with Gasteiger partial charge >= 0.3 is 6.18 Å². The number of benzene rings is 2. The third kappa shape index (κ3) is 4.44. The number of alkyl halides is 3. The minimum Gasteiger partial charge on any atom is -0.340 e. The summed E-state index contributed by atoms with van der Waals surface area (Å²) in [6.07, 6.45) is -2.00. The van der Waals surface area contributed by atoms with Crippen LogP contribution in [0, 0.1) is 6.92 Å². The van der Waals surface area contributed by atoms with Crippen molar-refractivity contribution < 1.29 is 18.0 Å². The van der Waals surface area contributed by atoms with Crippen LogP contribution in [-0.2, 0) is 6.18 Å². The fourth-order valence-electron chi connectivity index (χ4n) is 4.79. The number of amides is 1. The van der Waals surface area contributed by atoms with Crippen LogP contribution in [-0.4, -0.2) is 32.3 Å². The van der Waals surface area contributed by atoms with Crippen LogP contribution < -0.4 is 0 Å². The number of rotatable bonds is 4. The van der Waals surface area contributed by atoms with Gasteiger partial charge in [-0.2, -0.15) is 13.2 Å². The molecule has 2 aromatic heterocycles. The molecule has 1 N–H and O–H groups in total. The van der Waals surface area contributed by atoms with Gasteiger partial charge < -0.3 is 9.88 Å². The van der Waals surface area contributed by atoms with Gasteiger partial charge in [0.05, 0.1) is 37.5 Å². The molecule has 1 saturated carbocycles. The summed E-state index contributed by atoms with van der Waals surface area (Å²) in [6, 6.07) is 9.66. The Bertz CT molecular complexity index is 1570. The van der Waals surface area contributed by atoms with Crippen molar-refractivity contribution in [3.63, 3.8) is 0 Å². The summed E-state index contributed by atoms with van der Waals surface area (Å²) in [5, 5.41) is 0.548. The van der Waals surface area contributed by atoms with Crippen molar-refractivity contribution in [3.05, 3.63) is 81.2 Å². The van der Waals surface area contributed by atoms with Crippen molar-refractivity contribution in [3.8, 4) is 10.4 Å². The Kier molecular flexibility index (Phi) is 5.69. The Balaban J connectivity index is 1.39. The maximum Gasteiger partial charge on any atom is 0.417 e. The number of aromatic amines is 1. The van der Waals surface area contributed by atoms with E-state index in [0.717, 1.165) is 45.5 Å². The number of aryl methyl sites for hydroxylation is 1. The molecule has 1 amide bonds. The molecule has 0 radical (unpaired) electrons. The molecule has 10 heteroatoms. The second-order valence-electron chi connectivity index (χ2n) is 9.75. The summed E-state index contributed by atoms with van der Waals surface area (Å²) >= 11 is 7.46. The quantitative estimate of drug-likeness (QED) is 0.269. The number of halogens is 4. The van der Waals surface area contributed by atoms with Gasteiger partial charge in [0.1, 0.15) is 11.5 Å². The second kappa shape index (κ2) is 8.70. The maximum atomic E-state index is 14.0. The van der Waals surface area contributed by atoms with E-state index in [0.29, 0.717) is 35.9 Å². The van der Waals surface area contributed by atoms with Crippen LogP contribution in [0.1, 0.15) is 63.7 Å². The molecule has 1 aliphatic heterocycles. The molecule has 1 unspecified atom stereocenters. The molecule has 6 rings (SSSR count). The van der Waals surface area contributed by atoms with E-state index in [1.165, 1.54) is 6.07 Å². The highest BCUT2D eigenvalue weighted by molar-refractivity contribution is 7.15. The summed E-state index contributed by atoms with van der Waals surface area (Å²) in [7, 11) is 0. The summed E-state index contributed by atoms with van der Waals surface area (Å²) in [4.78, 5) is 28.8. The molecule has 2 fully saturated rings. The van der Waals surface area contributed by atoms with E-state index in [1.807, 2.05) is 31.2 Å². The molecule has 1 aliphatic carbocycles. The predicted molar refractivity (Wildman–Crippen MR) is 138 cm³/mol. The number of carbonyl (C=O) groups is 1. The zero-order valence-electron chi connectivity index (χ0n) is 19.8. The number of imidazole rings is 1. The van der Waals surface area contributed by atoms with E-state index < -0.39 is 22.8 Å². The Morgan fingerprint density at radius 2 is 2.00 bits per heavy atom. The lowest BCUT2D eigenvalue weighted by atomic mass is 10.1. The lowest BCUT2D eigenvalue weighted by molar-refractivity contribution is -0.137. The molecule has 0 spiro atoms. The molecule has 1 saturated heterocycles. The van der Waals surface area contributed by atoms with Crippen LogP contribution >= 0.6 is 22.9 Å². The molecule has 37 heavy (non-hydrogen) atoms. The SMILES string of the molecule is C=C1CC(c2nc3cc(Cl)c(C(F)(F)F)cc3[nH]2)N(C(=O)c2nc(C3CC3)sc2-c2cccc(C)c2)C1. The second-order valence-corrected chi connectivity index (χ2v) is 11.2. The van der Waals surface area contributed by atoms with Gasteiger partial charge in [0.25, 0.3) is 5.91 Å². The Labute approximate surface area is 220 Å². The van der Waals surface area contributed by atoms with Gasteiger partial charge in [0, 0.05) is 12.5 Å². The highest BCUT2D eigenvalue weighted by atomic mass is 35.5. The summed E-state index contributed by atoms with van der Waals surface area (Å²) in [6.45, 7) is 6.41. The van der Waals surface area contributed by atoms with Gasteiger partial charge in [-0.3, -0.25) is 4.79 Å². The number of nitrogens with one attached hydrogen (secondary N) is 1. The number of hydrogen-bond donors (Lipinski definition) is 1. The van der Waals surface area contributed by atoms with E-state index in [-0.39, 0.29) is 11.4 Å². The van der Waals surface area contributed by atoms with Crippen molar-refractivity contribution in [2.75, 3.05) is 6.54 Å². The average molecular weight is 543 g/mol. The molecule has 5 nitrogen and oxygen atoms in total. The fraction of sp³-hybridized carbons (Fsp3) is 0.296. The normalized spacial score (nSPS) is 18.2. The molecular weight excluding hydrogens is 521 g/mol. The summed E-state index contributed by atoms with van der Waals surface area (Å²) in [5.41, 5.74) is 2.85. The van der Waals surface area contributed by atoms with Crippen molar-refractivity contribution in [1.82, 2.24) is 19.9 Å². The number of thiazole rings is 1. The molecule has 2 aliphatic rings. The van der Waals surface area contributed by atoms with Gasteiger partial charge in [-0.05, 0) is 43.9 Å². The minimum atomic E-state index is -4.59. The number of fused-ring (bicyclic) bond motifs is 1. The highest BCUT2D eigenvalue weighted by Gasteiger charge is 2.39. The Morgan fingerprint density at radius 3 is 2.70 bits per heavy atom. The smallest absolute Gasteiger partial charge is 0.340 e. The van der Waals surface area contributed by atoms with Crippen LogP contribution in [0.4, 0.5) is 13.2 Å². The molecular formula is C27H22ClF3N4OS. The molecule has 3 heterocycles. The van der Waals surface area contributed by atoms with Crippen molar-refractivity contribution in [1.29, 1.82) is 0 Å². The minimum absolute atomic E-state index is 0.210. The van der Waals surface area contributed by atoms with E-state index in [9.17, 15) is 18.0 Å². The number of aromatic nitrogens is 3. The summed E-state index contributed by atoms with van der Waals surface area (Å²) in [5.74, 6) is 0.548. The van der Waals surface area contributed by atoms with Crippen LogP contribution in [0.25, 0.3) is 21.5 Å². The van der Waals surface area contributed by atoms with E-state index in [1.54, 1.807) is 16.2 Å². The van der Waals surface area contributed by atoms with Crippen LogP contribution in [0.2, 0.25) is 5.02 Å². The fourth-order valence-corrected chi connectivity index (χ4v) is 6.28. The van der Waals surface area contributed by atoms with E-state index >= 15 is 0 Å². The van der Waals surface area contributed by atoms with Crippen molar-refractivity contribution >= 4 is 39.9 Å². The number of H-pyrrole nitrogens is 1. The third-order valence-corrected chi connectivity index (χ3v) is 8.36. The Morgan fingerprint density at radius 1 is 1.22 bits per heavy atom. The third-order valence-electron chi connectivity index (χ3n) is 6.78. The maximum absolute atomic E-state index is 14.0. The molecule has 190 valence electrons. The van der Waals surface area contributed by atoms with Crippen LogP contribution in [0.15, 0.2) is 48.6 Å². The van der Waals surface area contributed by atoms with Crippen LogP contribution in [0.5, 0.6) is 0 Å². The standard InChI is InChI=1S/C27H22ClF3N4OS/c1-13-4-3-5-16(8-13)23-22(34-25(37-23)15-6-7-15)26(36)35-12-14(2)9-21(35)24-32-19-10-17(27(29,30)31)18(28)11-20(19)33-24/h3-5,8,10-11,15,21H,2,6-7,9,12H2,1H3,(H,32,33). The van der Waals surface area contributed by atoms with Gasteiger partial charge in [-0.1, -0.05) is 53.6 Å². The van der Waals surface area contributed by atoms with Crippen molar-refractivity contribution in [2.24, 2.45) is 0 Å². The number of hydrogen-bond acceptors (Lipinski definition) is 4. The van der Waals surface area contributed by atoms with Crippen molar-refractivity contribution in [2.45, 2.75) is 44.3 Å². The lowest BCUT2D eigenvalue weighted by Crippen LogP contribution is -2.31. The summed E-state index contributed by atoms with van der Waals surface area (Å²) < 4.78 is 40.1. The number of carbonyl (C=O) groups excluding carboxylic acids is 1. The van der Waals surface area contributed by atoms with E-state index in [4.69, 9.17) is 16.6 Å². The average Bonchev–Trinajstić information content (AvgIpc) is 3.27. The van der Waals surface area contributed by atoms with Crippen LogP contribution in [0.3, 0.4) is 0 Å². The Hall–Kier alpha value is -3.17. The predicted octanol–water partition coefficient (Wildman–Crippen LogP) is 7.69. The first-order valence-corrected chi connectivity index (χ1v) is 13.1. The first-order chi connectivity index (χ1) is 17.6. The largest absolute Gasteiger partial charge is 0.417 e. The molecule has 1 atom stereocenters. The van der Waals surface area contributed by atoms with E-state index in [2.05, 4.69) is 16.5 Å². The zero-order valence-corrected chi connectivity index (χ0v) is 21.4. The molecule has 2 aromatic carbocycles. The first-order valence-electron chi connectivity index (χ1n) is 11.9. The first kappa shape index (κ1) is 24.2. The van der Waals surface area contributed by atoms with Gasteiger partial charge in [-0.15, -0.1) is 11.3 Å². The monoisotopic (exact) mass is 542 g/mol. The lowest BCUT2D eigenvalue weighted by Gasteiger charge is -2.22. The topological polar surface area (TPSA) is 61.9 Å².